The third-order valence-corrected chi connectivity index (χ3v) is 3.23. The minimum absolute atomic E-state index is 0.223. The Balaban J connectivity index is 2.16. The van der Waals surface area contributed by atoms with Gasteiger partial charge in [-0.15, -0.1) is 0 Å². The van der Waals surface area contributed by atoms with Crippen molar-refractivity contribution >= 4 is 35.2 Å². The Hall–Kier alpha value is -3.30. The zero-order valence-corrected chi connectivity index (χ0v) is 15.5. The molecule has 1 aliphatic heterocycles. The summed E-state index contributed by atoms with van der Waals surface area (Å²) in [5.41, 5.74) is 4.37. The topological polar surface area (TPSA) is 126 Å². The third-order valence-electron chi connectivity index (χ3n) is 3.23. The number of hydrazine groups is 1. The highest BCUT2D eigenvalue weighted by Crippen LogP contribution is 2.34. The zero-order valence-electron chi connectivity index (χ0n) is 15.5. The zero-order chi connectivity index (χ0) is 20.2. The van der Waals surface area contributed by atoms with E-state index in [1.807, 2.05) is 0 Å². The van der Waals surface area contributed by atoms with Crippen LogP contribution in [-0.4, -0.2) is 42.6 Å². The Morgan fingerprint density at radius 2 is 1.93 bits per heavy atom. The van der Waals surface area contributed by atoms with Crippen molar-refractivity contribution in [1.82, 2.24) is 10.9 Å². The molecule has 2 rings (SSSR count). The van der Waals surface area contributed by atoms with Crippen molar-refractivity contribution in [1.29, 1.82) is 0 Å². The van der Waals surface area contributed by atoms with E-state index in [0.717, 1.165) is 0 Å². The van der Waals surface area contributed by atoms with Gasteiger partial charge in [-0.2, -0.15) is 0 Å². The molecular weight excluding hydrogens is 356 g/mol. The number of anilines is 2. The molecule has 4 amide bonds. The molecule has 0 bridgehead atoms. The first kappa shape index (κ1) is 20.0. The maximum Gasteiger partial charge on any atom is 0.412 e. The summed E-state index contributed by atoms with van der Waals surface area (Å²) < 4.78 is 10.5. The van der Waals surface area contributed by atoms with Gasteiger partial charge in [-0.1, -0.05) is 0 Å². The van der Waals surface area contributed by atoms with Crippen molar-refractivity contribution in [2.75, 3.05) is 23.4 Å². The average molecular weight is 378 g/mol. The fourth-order valence-corrected chi connectivity index (χ4v) is 2.22. The standard InChI is InChI=1S/C17H22N4O6/c1-10(22)19-20-14(23)8-21-12-7-11(18-16(25)27-17(2,3)4)5-6-13(12)26-9-15(21)24/h5-7H,8-9H2,1-4H3,(H,18,25)(H,19,22)(H,20,23). The Bertz CT molecular complexity index is 771. The van der Waals surface area contributed by atoms with E-state index in [4.69, 9.17) is 9.47 Å². The van der Waals surface area contributed by atoms with E-state index in [-0.39, 0.29) is 13.2 Å². The molecule has 1 heterocycles. The molecule has 10 nitrogen and oxygen atoms in total. The second kappa shape index (κ2) is 7.94. The maximum atomic E-state index is 12.2. The molecule has 0 unspecified atom stereocenters. The smallest absolute Gasteiger partial charge is 0.412 e. The molecule has 0 spiro atoms. The normalized spacial score (nSPS) is 13.2. The molecule has 0 atom stereocenters. The average Bonchev–Trinajstić information content (AvgIpc) is 2.54. The number of hydrogen-bond donors (Lipinski definition) is 3. The fourth-order valence-electron chi connectivity index (χ4n) is 2.22. The van der Waals surface area contributed by atoms with Crippen molar-refractivity contribution in [2.45, 2.75) is 33.3 Å². The lowest BCUT2D eigenvalue weighted by molar-refractivity contribution is -0.128. The number of benzene rings is 1. The molecular formula is C17H22N4O6. The first-order valence-corrected chi connectivity index (χ1v) is 8.18. The first-order chi connectivity index (χ1) is 12.5. The molecule has 10 heteroatoms. The number of rotatable bonds is 3. The van der Waals surface area contributed by atoms with Crippen molar-refractivity contribution < 1.29 is 28.7 Å². The summed E-state index contributed by atoms with van der Waals surface area (Å²) in [6, 6.07) is 4.67. The molecule has 27 heavy (non-hydrogen) atoms. The molecule has 1 aromatic carbocycles. The van der Waals surface area contributed by atoms with Gasteiger partial charge < -0.3 is 9.47 Å². The van der Waals surface area contributed by atoms with E-state index in [2.05, 4.69) is 16.2 Å². The minimum atomic E-state index is -0.662. The van der Waals surface area contributed by atoms with Gasteiger partial charge in [0.25, 0.3) is 11.8 Å². The van der Waals surface area contributed by atoms with E-state index >= 15 is 0 Å². The Morgan fingerprint density at radius 3 is 2.56 bits per heavy atom. The molecule has 0 fully saturated rings. The summed E-state index contributed by atoms with van der Waals surface area (Å²) in [5, 5.41) is 2.57. The van der Waals surface area contributed by atoms with Crippen LogP contribution in [0.2, 0.25) is 0 Å². The number of carbonyl (C=O) groups excluding carboxylic acids is 4. The van der Waals surface area contributed by atoms with E-state index in [0.29, 0.717) is 17.1 Å². The largest absolute Gasteiger partial charge is 0.482 e. The van der Waals surface area contributed by atoms with Gasteiger partial charge in [0, 0.05) is 12.6 Å². The van der Waals surface area contributed by atoms with Crippen molar-refractivity contribution in [3.8, 4) is 5.75 Å². The summed E-state index contributed by atoms with van der Waals surface area (Å²) in [7, 11) is 0. The molecule has 0 saturated carbocycles. The van der Waals surface area contributed by atoms with Gasteiger partial charge >= 0.3 is 6.09 Å². The number of amides is 4. The van der Waals surface area contributed by atoms with Crippen LogP contribution in [0.25, 0.3) is 0 Å². The van der Waals surface area contributed by atoms with Crippen LogP contribution in [-0.2, 0) is 19.1 Å². The number of carbonyl (C=O) groups is 4. The molecule has 1 aliphatic rings. The van der Waals surface area contributed by atoms with Crippen molar-refractivity contribution in [3.63, 3.8) is 0 Å². The Kier molecular flexibility index (Phi) is 5.88. The monoisotopic (exact) mass is 378 g/mol. The molecule has 0 radical (unpaired) electrons. The fraction of sp³-hybridized carbons (Fsp3) is 0.412. The van der Waals surface area contributed by atoms with Crippen LogP contribution in [0.5, 0.6) is 5.75 Å². The van der Waals surface area contributed by atoms with Crippen LogP contribution in [0.1, 0.15) is 27.7 Å². The highest BCUT2D eigenvalue weighted by atomic mass is 16.6. The number of fused-ring (bicyclic) bond motifs is 1. The lowest BCUT2D eigenvalue weighted by Gasteiger charge is -2.29. The van der Waals surface area contributed by atoms with Crippen molar-refractivity contribution in [2.24, 2.45) is 0 Å². The first-order valence-electron chi connectivity index (χ1n) is 8.18. The number of hydrogen-bond acceptors (Lipinski definition) is 6. The van der Waals surface area contributed by atoms with E-state index in [9.17, 15) is 19.2 Å². The second-order valence-corrected chi connectivity index (χ2v) is 6.81. The van der Waals surface area contributed by atoms with Crippen LogP contribution >= 0.6 is 0 Å². The van der Waals surface area contributed by atoms with E-state index in [1.165, 1.54) is 17.9 Å². The van der Waals surface area contributed by atoms with Gasteiger partial charge in [-0.25, -0.2) is 4.79 Å². The number of nitrogens with one attached hydrogen (secondary N) is 3. The minimum Gasteiger partial charge on any atom is -0.482 e. The highest BCUT2D eigenvalue weighted by molar-refractivity contribution is 6.03. The lowest BCUT2D eigenvalue weighted by atomic mass is 10.2. The lowest BCUT2D eigenvalue weighted by Crippen LogP contribution is -2.49. The van der Waals surface area contributed by atoms with Crippen LogP contribution in [0.15, 0.2) is 18.2 Å². The van der Waals surface area contributed by atoms with Crippen LogP contribution in [0, 0.1) is 0 Å². The molecule has 3 N–H and O–H groups in total. The summed E-state index contributed by atoms with van der Waals surface area (Å²) in [6.07, 6.45) is -0.652. The van der Waals surface area contributed by atoms with Gasteiger partial charge in [0.2, 0.25) is 5.91 Å². The molecule has 0 saturated heterocycles. The van der Waals surface area contributed by atoms with E-state index < -0.39 is 29.4 Å². The van der Waals surface area contributed by atoms with Gasteiger partial charge in [-0.05, 0) is 39.0 Å². The maximum absolute atomic E-state index is 12.2. The molecule has 1 aromatic rings. The number of ether oxygens (including phenoxy) is 2. The van der Waals surface area contributed by atoms with E-state index in [1.54, 1.807) is 32.9 Å². The summed E-state index contributed by atoms with van der Waals surface area (Å²) in [5.74, 6) is -1.08. The predicted octanol–water partition coefficient (Wildman–Crippen LogP) is 0.926. The van der Waals surface area contributed by atoms with Gasteiger partial charge in [0.15, 0.2) is 6.61 Å². The van der Waals surface area contributed by atoms with Gasteiger partial charge in [0.1, 0.15) is 17.9 Å². The third kappa shape index (κ3) is 5.87. The second-order valence-electron chi connectivity index (χ2n) is 6.81. The molecule has 0 aliphatic carbocycles. The summed E-state index contributed by atoms with van der Waals surface area (Å²) >= 11 is 0. The van der Waals surface area contributed by atoms with Gasteiger partial charge in [-0.3, -0.25) is 35.5 Å². The molecule has 146 valence electrons. The van der Waals surface area contributed by atoms with Crippen LogP contribution < -0.4 is 25.8 Å². The van der Waals surface area contributed by atoms with Crippen LogP contribution in [0.3, 0.4) is 0 Å². The van der Waals surface area contributed by atoms with Crippen LogP contribution in [0.4, 0.5) is 16.2 Å². The quantitative estimate of drug-likeness (QED) is 0.672. The van der Waals surface area contributed by atoms with Gasteiger partial charge in [0.05, 0.1) is 5.69 Å². The SMILES string of the molecule is CC(=O)NNC(=O)CN1C(=O)COc2ccc(NC(=O)OC(C)(C)C)cc21. The molecule has 0 aromatic heterocycles. The number of nitrogens with zero attached hydrogens (tertiary/aromatic N) is 1. The summed E-state index contributed by atoms with van der Waals surface area (Å²) in [6.45, 7) is 5.90. The Labute approximate surface area is 156 Å². The Morgan fingerprint density at radius 1 is 1.22 bits per heavy atom. The predicted molar refractivity (Wildman–Crippen MR) is 96.1 cm³/mol. The van der Waals surface area contributed by atoms with Crippen molar-refractivity contribution in [3.05, 3.63) is 18.2 Å². The highest BCUT2D eigenvalue weighted by Gasteiger charge is 2.28. The summed E-state index contributed by atoms with van der Waals surface area (Å²) in [4.78, 5) is 48.1.